The molecule has 0 unspecified atom stereocenters. The molecule has 0 radical (unpaired) electrons. The lowest BCUT2D eigenvalue weighted by molar-refractivity contribution is -0.151. The highest BCUT2D eigenvalue weighted by molar-refractivity contribution is 7.91. The zero-order chi connectivity index (χ0) is 21.4. The molecule has 0 spiro atoms. The van der Waals surface area contributed by atoms with Crippen LogP contribution in [-0.2, 0) is 29.0 Å². The summed E-state index contributed by atoms with van der Waals surface area (Å²) in [5, 5.41) is 4.96. The van der Waals surface area contributed by atoms with Gasteiger partial charge in [0, 0.05) is 12.1 Å². The Morgan fingerprint density at radius 1 is 1.24 bits per heavy atom. The van der Waals surface area contributed by atoms with Gasteiger partial charge in [-0.15, -0.1) is 0 Å². The third-order valence-electron chi connectivity index (χ3n) is 4.20. The summed E-state index contributed by atoms with van der Waals surface area (Å²) in [7, 11) is -1.55. The van der Waals surface area contributed by atoms with Crippen molar-refractivity contribution in [2.45, 2.75) is 25.4 Å². The van der Waals surface area contributed by atoms with E-state index in [0.29, 0.717) is 12.2 Å². The number of carbonyl (C=O) groups excluding carboxylic acids is 3. The molecule has 1 aliphatic heterocycles. The number of benzene rings is 1. The summed E-state index contributed by atoms with van der Waals surface area (Å²) in [6.45, 7) is 0.889. The molecule has 1 fully saturated rings. The molecule has 2 amide bonds. The van der Waals surface area contributed by atoms with Crippen LogP contribution in [0, 0.1) is 0 Å². The lowest BCUT2D eigenvalue weighted by Gasteiger charge is -2.14. The van der Waals surface area contributed by atoms with Gasteiger partial charge in [0.2, 0.25) is 5.91 Å². The molecule has 1 saturated heterocycles. The predicted octanol–water partition coefficient (Wildman–Crippen LogP) is 0.0596. The fourth-order valence-corrected chi connectivity index (χ4v) is 4.32. The fourth-order valence-electron chi connectivity index (χ4n) is 2.65. The zero-order valence-electron chi connectivity index (χ0n) is 16.2. The van der Waals surface area contributed by atoms with E-state index in [9.17, 15) is 22.8 Å². The third-order valence-corrected chi connectivity index (χ3v) is 5.97. The fraction of sp³-hybridized carbons (Fsp3) is 0.421. The molecule has 1 aliphatic rings. The lowest BCUT2D eigenvalue weighted by Crippen LogP contribution is -2.42. The molecule has 158 valence electrons. The van der Waals surface area contributed by atoms with Gasteiger partial charge in [-0.2, -0.15) is 0 Å². The largest absolute Gasteiger partial charge is 0.497 e. The van der Waals surface area contributed by atoms with Crippen molar-refractivity contribution in [2.24, 2.45) is 0 Å². The number of hydrogen-bond acceptors (Lipinski definition) is 7. The molecule has 1 aromatic rings. The molecule has 0 aromatic heterocycles. The summed E-state index contributed by atoms with van der Waals surface area (Å²) >= 11 is 0. The Bertz CT molecular complexity index is 878. The molecule has 2 atom stereocenters. The van der Waals surface area contributed by atoms with Crippen LogP contribution in [-0.4, -0.2) is 63.5 Å². The molecule has 9 nitrogen and oxygen atoms in total. The van der Waals surface area contributed by atoms with E-state index in [0.717, 1.165) is 5.56 Å². The summed E-state index contributed by atoms with van der Waals surface area (Å²) < 4.78 is 32.6. The number of amides is 2. The first-order valence-corrected chi connectivity index (χ1v) is 10.8. The minimum Gasteiger partial charge on any atom is -0.497 e. The smallest absolute Gasteiger partial charge is 0.328 e. The van der Waals surface area contributed by atoms with E-state index in [1.54, 1.807) is 37.5 Å². The van der Waals surface area contributed by atoms with E-state index in [1.807, 2.05) is 0 Å². The van der Waals surface area contributed by atoms with Crippen molar-refractivity contribution in [3.63, 3.8) is 0 Å². The highest BCUT2D eigenvalue weighted by atomic mass is 32.2. The number of rotatable bonds is 8. The van der Waals surface area contributed by atoms with Crippen LogP contribution in [0.25, 0.3) is 6.08 Å². The maximum Gasteiger partial charge on any atom is 0.328 e. The SMILES string of the molecule is COc1ccc(/C=C/C(=O)N[C@@H](C)C(=O)OCC(=O)N[C@@H]2CCS(=O)(=O)C2)cc1. The first-order chi connectivity index (χ1) is 13.7. The van der Waals surface area contributed by atoms with E-state index in [4.69, 9.17) is 9.47 Å². The molecule has 2 rings (SSSR count). The second kappa shape index (κ2) is 10.1. The summed E-state index contributed by atoms with van der Waals surface area (Å²) in [6, 6.07) is 5.63. The summed E-state index contributed by atoms with van der Waals surface area (Å²) in [4.78, 5) is 35.6. The van der Waals surface area contributed by atoms with Gasteiger partial charge in [0.1, 0.15) is 11.8 Å². The van der Waals surface area contributed by atoms with Crippen LogP contribution >= 0.6 is 0 Å². The van der Waals surface area contributed by atoms with Crippen LogP contribution in [0.3, 0.4) is 0 Å². The minimum absolute atomic E-state index is 0.0326. The molecule has 1 heterocycles. The first-order valence-electron chi connectivity index (χ1n) is 8.97. The number of hydrogen-bond donors (Lipinski definition) is 2. The molecule has 29 heavy (non-hydrogen) atoms. The number of esters is 1. The highest BCUT2D eigenvalue weighted by Crippen LogP contribution is 2.12. The Morgan fingerprint density at radius 3 is 2.52 bits per heavy atom. The Morgan fingerprint density at radius 2 is 1.93 bits per heavy atom. The molecule has 2 N–H and O–H groups in total. The predicted molar refractivity (Wildman–Crippen MR) is 106 cm³/mol. The Labute approximate surface area is 169 Å². The van der Waals surface area contributed by atoms with E-state index in [1.165, 1.54) is 13.0 Å². The quantitative estimate of drug-likeness (QED) is 0.446. The van der Waals surface area contributed by atoms with Crippen LogP contribution < -0.4 is 15.4 Å². The van der Waals surface area contributed by atoms with Crippen molar-refractivity contribution in [1.82, 2.24) is 10.6 Å². The van der Waals surface area contributed by atoms with Crippen molar-refractivity contribution >= 4 is 33.7 Å². The summed E-state index contributed by atoms with van der Waals surface area (Å²) in [5.74, 6) is -1.24. The number of ether oxygens (including phenoxy) is 2. The van der Waals surface area contributed by atoms with Gasteiger partial charge in [-0.05, 0) is 37.1 Å². The zero-order valence-corrected chi connectivity index (χ0v) is 17.0. The van der Waals surface area contributed by atoms with Crippen molar-refractivity contribution in [2.75, 3.05) is 25.2 Å². The van der Waals surface area contributed by atoms with Crippen LogP contribution in [0.2, 0.25) is 0 Å². The number of sulfone groups is 1. The van der Waals surface area contributed by atoms with E-state index >= 15 is 0 Å². The molecule has 0 bridgehead atoms. The Balaban J connectivity index is 1.72. The van der Waals surface area contributed by atoms with Gasteiger partial charge in [0.05, 0.1) is 18.6 Å². The third kappa shape index (κ3) is 7.57. The van der Waals surface area contributed by atoms with Gasteiger partial charge < -0.3 is 20.1 Å². The van der Waals surface area contributed by atoms with Crippen LogP contribution in [0.15, 0.2) is 30.3 Å². The maximum absolute atomic E-state index is 11.9. The van der Waals surface area contributed by atoms with E-state index in [2.05, 4.69) is 10.6 Å². The number of methoxy groups -OCH3 is 1. The first kappa shape index (κ1) is 22.4. The number of carbonyl (C=O) groups is 3. The van der Waals surface area contributed by atoms with Gasteiger partial charge in [-0.1, -0.05) is 12.1 Å². The van der Waals surface area contributed by atoms with Crippen molar-refractivity contribution in [1.29, 1.82) is 0 Å². The van der Waals surface area contributed by atoms with Crippen LogP contribution in [0.5, 0.6) is 5.75 Å². The molecule has 10 heteroatoms. The van der Waals surface area contributed by atoms with Gasteiger partial charge in [-0.25, -0.2) is 13.2 Å². The summed E-state index contributed by atoms with van der Waals surface area (Å²) in [6.07, 6.45) is 3.20. The Hall–Kier alpha value is -2.88. The molecule has 1 aromatic carbocycles. The standard InChI is InChI=1S/C19H24N2O7S/c1-13(20-17(22)8-5-14-3-6-16(27-2)7-4-14)19(24)28-11-18(23)21-15-9-10-29(25,26)12-15/h3-8,13,15H,9-12H2,1-2H3,(H,20,22)(H,21,23)/b8-5+/t13-,15+/m0/s1. The average molecular weight is 424 g/mol. The summed E-state index contributed by atoms with van der Waals surface area (Å²) in [5.41, 5.74) is 0.779. The Kier molecular flexibility index (Phi) is 7.77. The van der Waals surface area contributed by atoms with Crippen molar-refractivity contribution in [3.8, 4) is 5.75 Å². The van der Waals surface area contributed by atoms with Crippen molar-refractivity contribution in [3.05, 3.63) is 35.9 Å². The average Bonchev–Trinajstić information content (AvgIpc) is 3.02. The van der Waals surface area contributed by atoms with Crippen molar-refractivity contribution < 1.29 is 32.3 Å². The van der Waals surface area contributed by atoms with Crippen LogP contribution in [0.4, 0.5) is 0 Å². The molecule has 0 aliphatic carbocycles. The monoisotopic (exact) mass is 424 g/mol. The normalized spacial score (nSPS) is 18.8. The van der Waals surface area contributed by atoms with Gasteiger partial charge >= 0.3 is 5.97 Å². The van der Waals surface area contributed by atoms with E-state index in [-0.39, 0.29) is 11.5 Å². The molecule has 0 saturated carbocycles. The van der Waals surface area contributed by atoms with E-state index < -0.39 is 46.3 Å². The molecular weight excluding hydrogens is 400 g/mol. The van der Waals surface area contributed by atoms with Gasteiger partial charge in [-0.3, -0.25) is 9.59 Å². The topological polar surface area (TPSA) is 128 Å². The van der Waals surface area contributed by atoms with Gasteiger partial charge in [0.25, 0.3) is 5.91 Å². The highest BCUT2D eigenvalue weighted by Gasteiger charge is 2.29. The number of nitrogens with one attached hydrogen (secondary N) is 2. The maximum atomic E-state index is 11.9. The van der Waals surface area contributed by atoms with Crippen LogP contribution in [0.1, 0.15) is 18.9 Å². The lowest BCUT2D eigenvalue weighted by atomic mass is 10.2. The molecular formula is C19H24N2O7S. The van der Waals surface area contributed by atoms with Gasteiger partial charge in [0.15, 0.2) is 16.4 Å². The second-order valence-corrected chi connectivity index (χ2v) is 8.84. The minimum atomic E-state index is -3.11. The second-order valence-electron chi connectivity index (χ2n) is 6.61.